The van der Waals surface area contributed by atoms with E-state index in [0.717, 1.165) is 0 Å². The number of pyridine rings is 1. The molecule has 0 saturated heterocycles. The van der Waals surface area contributed by atoms with Gasteiger partial charge >= 0.3 is 5.97 Å². The number of fused-ring (bicyclic) bond motifs is 1. The molecule has 2 heterocycles. The maximum atomic E-state index is 10.7. The molecule has 2 aromatic rings. The monoisotopic (exact) mass is 196 g/mol. The van der Waals surface area contributed by atoms with Gasteiger partial charge in [-0.2, -0.15) is 0 Å². The van der Waals surface area contributed by atoms with Crippen LogP contribution >= 0.6 is 11.6 Å². The van der Waals surface area contributed by atoms with E-state index in [1.165, 1.54) is 10.6 Å². The minimum Gasteiger partial charge on any atom is -0.475 e. The Bertz CT molecular complexity index is 478. The highest BCUT2D eigenvalue weighted by atomic mass is 35.5. The summed E-state index contributed by atoms with van der Waals surface area (Å²) in [5, 5.41) is 9.09. The van der Waals surface area contributed by atoms with Gasteiger partial charge in [0.05, 0.1) is 11.7 Å². The summed E-state index contributed by atoms with van der Waals surface area (Å²) < 4.78 is 1.38. The molecule has 0 saturated carbocycles. The van der Waals surface area contributed by atoms with E-state index in [0.29, 0.717) is 10.7 Å². The summed E-state index contributed by atoms with van der Waals surface area (Å²) in [5.41, 5.74) is 0.671. The molecule has 5 heteroatoms. The van der Waals surface area contributed by atoms with Crippen LogP contribution in [0.25, 0.3) is 5.52 Å². The largest absolute Gasteiger partial charge is 0.475 e. The Morgan fingerprint density at radius 3 is 3.00 bits per heavy atom. The zero-order valence-electron chi connectivity index (χ0n) is 6.44. The first-order chi connectivity index (χ1) is 6.20. The number of carboxylic acid groups (broad SMARTS) is 1. The Hall–Kier alpha value is -1.55. The van der Waals surface area contributed by atoms with Crippen molar-refractivity contribution in [2.24, 2.45) is 0 Å². The van der Waals surface area contributed by atoms with Gasteiger partial charge in [0.1, 0.15) is 5.15 Å². The van der Waals surface area contributed by atoms with Crippen LogP contribution in [0.2, 0.25) is 5.15 Å². The fraction of sp³-hybridized carbons (Fsp3) is 0. The molecule has 4 nitrogen and oxygen atoms in total. The van der Waals surface area contributed by atoms with Crippen LogP contribution in [0.3, 0.4) is 0 Å². The van der Waals surface area contributed by atoms with Crippen LogP contribution in [0.5, 0.6) is 0 Å². The lowest BCUT2D eigenvalue weighted by Crippen LogP contribution is -2.03. The molecule has 0 aliphatic heterocycles. The molecule has 66 valence electrons. The van der Waals surface area contributed by atoms with Crippen molar-refractivity contribution in [1.82, 2.24) is 9.38 Å². The van der Waals surface area contributed by atoms with Crippen molar-refractivity contribution in [1.29, 1.82) is 0 Å². The maximum Gasteiger partial charge on any atom is 0.372 e. The Labute approximate surface area is 78.4 Å². The second-order valence-electron chi connectivity index (χ2n) is 2.50. The number of hydrogen-bond donors (Lipinski definition) is 1. The average Bonchev–Trinajstić information content (AvgIpc) is 2.49. The van der Waals surface area contributed by atoms with E-state index in [-0.39, 0.29) is 5.82 Å². The molecule has 0 aliphatic rings. The molecular weight excluding hydrogens is 192 g/mol. The van der Waals surface area contributed by atoms with Crippen LogP contribution < -0.4 is 0 Å². The van der Waals surface area contributed by atoms with Crippen molar-refractivity contribution in [2.45, 2.75) is 0 Å². The van der Waals surface area contributed by atoms with Crippen LogP contribution in [0.4, 0.5) is 0 Å². The van der Waals surface area contributed by atoms with Gasteiger partial charge in [0, 0.05) is 0 Å². The number of rotatable bonds is 1. The zero-order valence-corrected chi connectivity index (χ0v) is 7.19. The molecule has 0 aliphatic carbocycles. The smallest absolute Gasteiger partial charge is 0.372 e. The first-order valence-electron chi connectivity index (χ1n) is 3.55. The van der Waals surface area contributed by atoms with Gasteiger partial charge < -0.3 is 5.11 Å². The summed E-state index contributed by atoms with van der Waals surface area (Å²) in [6, 6.07) is 5.10. The third-order valence-corrected chi connectivity index (χ3v) is 1.99. The number of aromatic carboxylic acids is 1. The molecule has 2 rings (SSSR count). The normalized spacial score (nSPS) is 10.5. The topological polar surface area (TPSA) is 54.6 Å². The third-order valence-electron chi connectivity index (χ3n) is 1.69. The number of aromatic nitrogens is 2. The minimum absolute atomic E-state index is 0.0689. The molecular formula is C8H5ClN2O2. The van der Waals surface area contributed by atoms with E-state index in [2.05, 4.69) is 4.98 Å². The Morgan fingerprint density at radius 2 is 2.31 bits per heavy atom. The van der Waals surface area contributed by atoms with E-state index in [1.807, 2.05) is 0 Å². The summed E-state index contributed by atoms with van der Waals surface area (Å²) >= 11 is 5.81. The summed E-state index contributed by atoms with van der Waals surface area (Å²) in [4.78, 5) is 14.4. The van der Waals surface area contributed by atoms with Gasteiger partial charge in [0.2, 0.25) is 5.82 Å². The van der Waals surface area contributed by atoms with E-state index in [9.17, 15) is 4.79 Å². The fourth-order valence-corrected chi connectivity index (χ4v) is 1.41. The lowest BCUT2D eigenvalue weighted by atomic mass is 10.4. The second kappa shape index (κ2) is 2.74. The molecule has 0 spiro atoms. The van der Waals surface area contributed by atoms with Gasteiger partial charge in [-0.1, -0.05) is 17.7 Å². The molecule has 1 N–H and O–H groups in total. The highest BCUT2D eigenvalue weighted by molar-refractivity contribution is 6.30. The highest BCUT2D eigenvalue weighted by Crippen LogP contribution is 2.14. The van der Waals surface area contributed by atoms with Crippen LogP contribution in [0.15, 0.2) is 24.4 Å². The van der Waals surface area contributed by atoms with Gasteiger partial charge in [0.15, 0.2) is 0 Å². The van der Waals surface area contributed by atoms with Gasteiger partial charge in [-0.05, 0) is 12.1 Å². The number of hydrogen-bond acceptors (Lipinski definition) is 2. The third kappa shape index (κ3) is 1.15. The van der Waals surface area contributed by atoms with Crippen molar-refractivity contribution in [2.75, 3.05) is 0 Å². The first-order valence-corrected chi connectivity index (χ1v) is 3.93. The molecule has 0 aromatic carbocycles. The molecule has 0 fully saturated rings. The molecule has 2 aromatic heterocycles. The molecule has 0 atom stereocenters. The SMILES string of the molecule is O=C(O)c1ncc2cccc(Cl)n12. The average molecular weight is 197 g/mol. The molecule has 0 radical (unpaired) electrons. The van der Waals surface area contributed by atoms with Crippen molar-refractivity contribution in [3.8, 4) is 0 Å². The Morgan fingerprint density at radius 1 is 1.54 bits per heavy atom. The standard InChI is InChI=1S/C8H5ClN2O2/c9-6-3-1-2-5-4-10-7(8(12)13)11(5)6/h1-4H,(H,12,13). The summed E-state index contributed by atoms with van der Waals surface area (Å²) in [5.74, 6) is -1.16. The number of nitrogens with zero attached hydrogens (tertiary/aromatic N) is 2. The van der Waals surface area contributed by atoms with Crippen LogP contribution in [0, 0.1) is 0 Å². The number of carbonyl (C=O) groups is 1. The number of halogens is 1. The lowest BCUT2D eigenvalue weighted by Gasteiger charge is -1.98. The predicted octanol–water partition coefficient (Wildman–Crippen LogP) is 1.69. The Balaban J connectivity index is 2.86. The van der Waals surface area contributed by atoms with Gasteiger partial charge in [-0.15, -0.1) is 0 Å². The number of imidazole rings is 1. The fourth-order valence-electron chi connectivity index (χ4n) is 1.16. The minimum atomic E-state index is -1.09. The summed E-state index contributed by atoms with van der Waals surface area (Å²) in [7, 11) is 0. The molecule has 0 bridgehead atoms. The lowest BCUT2D eigenvalue weighted by molar-refractivity contribution is 0.0683. The van der Waals surface area contributed by atoms with Crippen molar-refractivity contribution in [3.63, 3.8) is 0 Å². The van der Waals surface area contributed by atoms with Gasteiger partial charge in [-0.25, -0.2) is 9.78 Å². The van der Waals surface area contributed by atoms with Crippen LogP contribution in [0.1, 0.15) is 10.6 Å². The highest BCUT2D eigenvalue weighted by Gasteiger charge is 2.12. The van der Waals surface area contributed by atoms with Gasteiger partial charge in [-0.3, -0.25) is 4.40 Å². The van der Waals surface area contributed by atoms with E-state index in [1.54, 1.807) is 18.2 Å². The van der Waals surface area contributed by atoms with E-state index >= 15 is 0 Å². The second-order valence-corrected chi connectivity index (χ2v) is 2.88. The van der Waals surface area contributed by atoms with Crippen molar-refractivity contribution in [3.05, 3.63) is 35.4 Å². The molecule has 0 unspecified atom stereocenters. The number of carboxylic acids is 1. The summed E-state index contributed by atoms with van der Waals surface area (Å²) in [6.45, 7) is 0. The van der Waals surface area contributed by atoms with E-state index < -0.39 is 5.97 Å². The van der Waals surface area contributed by atoms with Crippen LogP contribution in [-0.2, 0) is 0 Å². The quantitative estimate of drug-likeness (QED) is 0.707. The maximum absolute atomic E-state index is 10.7. The first kappa shape index (κ1) is 8.07. The molecule has 13 heavy (non-hydrogen) atoms. The Kier molecular flexibility index (Phi) is 1.70. The van der Waals surface area contributed by atoms with Crippen LogP contribution in [-0.4, -0.2) is 20.5 Å². The van der Waals surface area contributed by atoms with E-state index in [4.69, 9.17) is 16.7 Å². The summed E-state index contributed by atoms with van der Waals surface area (Å²) in [6.07, 6.45) is 1.47. The molecule has 0 amide bonds. The predicted molar refractivity (Wildman–Crippen MR) is 47.2 cm³/mol. The van der Waals surface area contributed by atoms with Gasteiger partial charge in [0.25, 0.3) is 0 Å². The zero-order chi connectivity index (χ0) is 9.42. The van der Waals surface area contributed by atoms with Crippen molar-refractivity contribution >= 4 is 23.1 Å². The van der Waals surface area contributed by atoms with Crippen molar-refractivity contribution < 1.29 is 9.90 Å².